The summed E-state index contributed by atoms with van der Waals surface area (Å²) in [5.41, 5.74) is -2.50. The number of carbonyl (C=O) groups excluding carboxylic acids is 8. The Balaban J connectivity index is 0.000000213. The maximum absolute atomic E-state index is 15.1. The number of nitrogens with one attached hydrogen (secondary N) is 2. The zero-order valence-electron chi connectivity index (χ0n) is 73.1. The van der Waals surface area contributed by atoms with E-state index in [0.29, 0.717) is 107 Å². The Morgan fingerprint density at radius 2 is 0.879 bits per heavy atom. The number of carbonyl (C=O) groups is 8. The van der Waals surface area contributed by atoms with Crippen LogP contribution in [0.4, 0.5) is 8.78 Å². The molecule has 4 aliphatic heterocycles. The van der Waals surface area contributed by atoms with Crippen LogP contribution in [0.1, 0.15) is 185 Å². The molecule has 6 aromatic rings. The molecule has 124 heavy (non-hydrogen) atoms. The minimum Gasteiger partial charge on any atom is -0.497 e. The lowest BCUT2D eigenvalue weighted by Crippen LogP contribution is -2.47. The van der Waals surface area contributed by atoms with Crippen LogP contribution in [0.3, 0.4) is 0 Å². The quantitative estimate of drug-likeness (QED) is 0.0529. The van der Waals surface area contributed by atoms with Gasteiger partial charge < -0.3 is 47.7 Å². The number of amides is 4. The SMILES string of the molecule is COc1ccc2c(O[C@@H]3C[C@H]4C(=O)C[C@]5(C(=O)NS(=O)(=O)C6CC6)C[C@H]5/C=C\CC[C@@H](C)C[C@@H](C)[C@H](CC(=O)OC(C)(C)C)C(=O)N4C3)nc(-c3ccc(OC)c(F)c3)cc2c1.COc1ccc2c(O[C@@H]3C[C@H]4C(=O)C[C@]5(C(=O)NS(=O)(=O)C6CC6)C[C@H]5/C=C\CC[C@H](C)C[C@@H](C)[C@H](CC(=O)OC(C)(C)C)C(=O)N4C3)nc(-c3ccc(OC)c(F)c3)cc2c1. The number of halogens is 2. The van der Waals surface area contributed by atoms with Crippen molar-refractivity contribution in [2.75, 3.05) is 41.5 Å². The number of esters is 2. The van der Waals surface area contributed by atoms with Gasteiger partial charge in [0.25, 0.3) is 0 Å². The lowest BCUT2D eigenvalue weighted by molar-refractivity contribution is -0.160. The fourth-order valence-corrected chi connectivity index (χ4v) is 21.0. The number of pyridine rings is 2. The molecule has 0 bridgehead atoms. The highest BCUT2D eigenvalue weighted by Gasteiger charge is 2.64. The van der Waals surface area contributed by atoms with Gasteiger partial charge in [0.1, 0.15) is 34.9 Å². The average molecular weight is 1750 g/mol. The fraction of sp³-hybridized carbons (Fsp3) is 0.553. The number of hydrogen-bond donors (Lipinski definition) is 2. The third kappa shape index (κ3) is 21.3. The Labute approximate surface area is 724 Å². The Morgan fingerprint density at radius 3 is 1.22 bits per heavy atom. The van der Waals surface area contributed by atoms with Gasteiger partial charge in [0.05, 0.1) is 111 Å². The first kappa shape index (κ1) is 91.6. The number of ketones is 2. The molecule has 668 valence electrons. The number of aromatic nitrogens is 2. The summed E-state index contributed by atoms with van der Waals surface area (Å²) in [6, 6.07) is 21.1. The van der Waals surface area contributed by atoms with Gasteiger partial charge in [0.15, 0.2) is 34.7 Å². The van der Waals surface area contributed by atoms with Gasteiger partial charge in [-0.15, -0.1) is 0 Å². The summed E-state index contributed by atoms with van der Waals surface area (Å²) < 4.78 is 133. The predicted molar refractivity (Wildman–Crippen MR) is 461 cm³/mol. The van der Waals surface area contributed by atoms with Crippen LogP contribution in [0.5, 0.6) is 34.8 Å². The van der Waals surface area contributed by atoms with E-state index in [0.717, 1.165) is 12.8 Å². The van der Waals surface area contributed by atoms with E-state index in [-0.39, 0.29) is 123 Å². The summed E-state index contributed by atoms with van der Waals surface area (Å²) in [6.45, 7) is 18.6. The van der Waals surface area contributed by atoms with E-state index in [1.165, 1.54) is 48.3 Å². The van der Waals surface area contributed by atoms with Crippen LogP contribution in [0.2, 0.25) is 0 Å². The second-order valence-corrected chi connectivity index (χ2v) is 41.4. The van der Waals surface area contributed by atoms with Crippen molar-refractivity contribution in [2.24, 2.45) is 58.2 Å². The number of benzene rings is 4. The molecule has 6 heterocycles. The molecule has 0 radical (unpaired) electrons. The van der Waals surface area contributed by atoms with Crippen molar-refractivity contribution < 1.29 is 102 Å². The molecule has 0 unspecified atom stereocenters. The molecule has 2 saturated heterocycles. The van der Waals surface area contributed by atoms with Crippen molar-refractivity contribution >= 4 is 88.7 Å². The number of fused-ring (bicyclic) bond motifs is 6. The Morgan fingerprint density at radius 1 is 0.500 bits per heavy atom. The molecule has 8 aliphatic rings. The first-order valence-corrected chi connectivity index (χ1v) is 46.2. The van der Waals surface area contributed by atoms with Crippen LogP contribution < -0.4 is 37.9 Å². The summed E-state index contributed by atoms with van der Waals surface area (Å²) in [5.74, 6) is -6.20. The van der Waals surface area contributed by atoms with Gasteiger partial charge in [-0.3, -0.25) is 47.8 Å². The van der Waals surface area contributed by atoms with E-state index in [1.807, 2.05) is 38.2 Å². The van der Waals surface area contributed by atoms with E-state index in [9.17, 15) is 54.4 Å². The number of methoxy groups -OCH3 is 4. The molecule has 14 rings (SSSR count). The first-order chi connectivity index (χ1) is 58.6. The summed E-state index contributed by atoms with van der Waals surface area (Å²) in [6.07, 6.45) is 12.0. The van der Waals surface area contributed by atoms with Gasteiger partial charge >= 0.3 is 11.9 Å². The average Bonchev–Trinajstić information content (AvgIpc) is 1.57. The minimum atomic E-state index is -3.90. The molecule has 2 aromatic heterocycles. The standard InChI is InChI=1S/2C47H58FN3O10S/c2*1-27-10-8-9-11-31-24-47(31,45(55)50-62(56,57)34-14-15-34)25-40(52)39-22-33(26-51(39)44(54)36(28(2)18-27)23-42(53)61-46(3,4)5)60-43-35-16-13-32(58-6)19-30(35)21-38(49-43)29-12-17-41(59-7)37(48)20-29/h2*9,11-13,16-17,19-21,27-28,31,33-34,36,39H,8,10,14-15,18,22-26H2,1-7H3,(H,50,55)/b2*11-9-/t27-,28+,31+,33+,36-,39-,47+;27-,28-,31-,33-,36+,39+,47-/m01/s1. The predicted octanol–water partition coefficient (Wildman–Crippen LogP) is 14.7. The number of nitrogens with zero attached hydrogens (tertiary/aromatic N) is 4. The maximum Gasteiger partial charge on any atom is 0.307 e. The second kappa shape index (κ2) is 36.8. The first-order valence-electron chi connectivity index (χ1n) is 43.2. The van der Waals surface area contributed by atoms with E-state index in [1.54, 1.807) is 116 Å². The van der Waals surface area contributed by atoms with E-state index in [4.69, 9.17) is 47.9 Å². The number of hydrogen-bond acceptors (Lipinski definition) is 22. The van der Waals surface area contributed by atoms with Crippen LogP contribution in [-0.2, 0) is 67.9 Å². The van der Waals surface area contributed by atoms with Gasteiger partial charge in [-0.25, -0.2) is 35.6 Å². The largest absolute Gasteiger partial charge is 0.497 e. The lowest BCUT2D eigenvalue weighted by Gasteiger charge is -2.32. The number of Topliss-reactive ketones (excluding diaryl/α,β-unsaturated/α-hetero) is 2. The van der Waals surface area contributed by atoms with Crippen molar-refractivity contribution in [1.29, 1.82) is 0 Å². The van der Waals surface area contributed by atoms with E-state index >= 15 is 9.59 Å². The molecular weight excluding hydrogens is 1640 g/mol. The summed E-state index contributed by atoms with van der Waals surface area (Å²) in [5, 5.41) is 1.32. The molecule has 2 N–H and O–H groups in total. The van der Waals surface area contributed by atoms with Crippen molar-refractivity contribution in [3.63, 3.8) is 0 Å². The third-order valence-corrected chi connectivity index (χ3v) is 29.0. The van der Waals surface area contributed by atoms with Crippen LogP contribution in [0.15, 0.2) is 109 Å². The lowest BCUT2D eigenvalue weighted by atomic mass is 9.82. The van der Waals surface area contributed by atoms with Gasteiger partial charge in [0, 0.05) is 47.6 Å². The number of rotatable bonds is 20. The van der Waals surface area contributed by atoms with Crippen molar-refractivity contribution in [1.82, 2.24) is 29.2 Å². The Bertz CT molecular complexity index is 5080. The normalized spacial score (nSPS) is 27.6. The van der Waals surface area contributed by atoms with E-state index in [2.05, 4.69) is 23.3 Å². The zero-order chi connectivity index (χ0) is 89.4. The summed E-state index contributed by atoms with van der Waals surface area (Å²) in [7, 11) is -1.95. The molecule has 4 aliphatic carbocycles. The Hall–Kier alpha value is -10.1. The molecule has 4 aromatic carbocycles. The molecule has 0 spiro atoms. The number of sulfonamides is 2. The third-order valence-electron chi connectivity index (χ3n) is 25.4. The molecule has 6 fully saturated rings. The summed E-state index contributed by atoms with van der Waals surface area (Å²) >= 11 is 0. The van der Waals surface area contributed by atoms with Crippen molar-refractivity contribution in [2.45, 2.75) is 231 Å². The highest BCUT2D eigenvalue weighted by Crippen LogP contribution is 2.59. The molecule has 26 nitrogen and oxygen atoms in total. The molecule has 14 atom stereocenters. The van der Waals surface area contributed by atoms with Crippen LogP contribution in [0, 0.1) is 69.8 Å². The van der Waals surface area contributed by atoms with Gasteiger partial charge in [-0.1, -0.05) is 52.0 Å². The molecule has 4 amide bonds. The van der Waals surface area contributed by atoms with Gasteiger partial charge in [-0.05, 0) is 250 Å². The monoisotopic (exact) mass is 1750 g/mol. The smallest absolute Gasteiger partial charge is 0.307 e. The fourth-order valence-electron chi connectivity index (χ4n) is 18.2. The highest BCUT2D eigenvalue weighted by molar-refractivity contribution is 7.91. The molecule has 30 heteroatoms. The van der Waals surface area contributed by atoms with Crippen LogP contribution in [0.25, 0.3) is 44.1 Å². The maximum atomic E-state index is 15.1. The van der Waals surface area contributed by atoms with Crippen LogP contribution in [-0.4, -0.2) is 171 Å². The second-order valence-electron chi connectivity index (χ2n) is 37.5. The molecular formula is C94H116F2N6O20S2. The highest BCUT2D eigenvalue weighted by atomic mass is 32.2. The minimum absolute atomic E-state index is 0.0355. The van der Waals surface area contributed by atoms with Gasteiger partial charge in [0.2, 0.25) is 55.4 Å². The number of allylic oxidation sites excluding steroid dienone is 4. The summed E-state index contributed by atoms with van der Waals surface area (Å²) in [4.78, 5) is 127. The number of ether oxygens (including phenoxy) is 8. The van der Waals surface area contributed by atoms with Gasteiger partial charge in [-0.2, -0.15) is 0 Å². The van der Waals surface area contributed by atoms with Crippen molar-refractivity contribution in [3.8, 4) is 57.3 Å². The zero-order valence-corrected chi connectivity index (χ0v) is 74.8. The molecule has 4 saturated carbocycles. The van der Waals surface area contributed by atoms with Crippen molar-refractivity contribution in [3.05, 3.63) is 121 Å². The Kier molecular flexibility index (Phi) is 27.2. The van der Waals surface area contributed by atoms with Crippen LogP contribution >= 0.6 is 0 Å². The van der Waals surface area contributed by atoms with E-state index < -0.39 is 147 Å². The topological polar surface area (TPSA) is 335 Å².